The van der Waals surface area contributed by atoms with Crippen LogP contribution in [0.1, 0.15) is 149 Å². The number of aromatic hydroxyl groups is 1. The highest BCUT2D eigenvalue weighted by Crippen LogP contribution is 2.48. The number of fused-ring (bicyclic) bond motifs is 2. The molecule has 1 fully saturated rings. The van der Waals surface area contributed by atoms with Gasteiger partial charge in [0.2, 0.25) is 41.1 Å². The van der Waals surface area contributed by atoms with Gasteiger partial charge in [0.25, 0.3) is 0 Å². The second kappa shape index (κ2) is 55.6. The van der Waals surface area contributed by atoms with E-state index in [1.807, 2.05) is 20.8 Å². The Morgan fingerprint density at radius 1 is 0.624 bits per heavy atom. The monoisotopic (exact) mass is 1910 g/mol. The lowest BCUT2D eigenvalue weighted by atomic mass is 9.81. The molecule has 48 heteroatoms. The van der Waals surface area contributed by atoms with Gasteiger partial charge in [-0.15, -0.1) is 0 Å². The first kappa shape index (κ1) is 116. The number of anilines is 1. The van der Waals surface area contributed by atoms with Gasteiger partial charge in [-0.1, -0.05) is 121 Å². The molecule has 3 aromatic rings. The fourth-order valence-electron chi connectivity index (χ4n) is 13.3. The molecule has 0 aromatic heterocycles. The van der Waals surface area contributed by atoms with Crippen LogP contribution >= 0.6 is 0 Å². The molecular formula is C85H118F12N16O20. The van der Waals surface area contributed by atoms with Crippen LogP contribution < -0.4 is 70.2 Å². The lowest BCUT2D eigenvalue weighted by Crippen LogP contribution is -2.60. The third kappa shape index (κ3) is 41.8. The van der Waals surface area contributed by atoms with Gasteiger partial charge >= 0.3 is 54.6 Å². The predicted octanol–water partition coefficient (Wildman–Crippen LogP) is 6.23. The maximum Gasteiger partial charge on any atom is 0.490 e. The minimum absolute atomic E-state index is 0.0229. The molecule has 3 aliphatic rings. The maximum atomic E-state index is 14.5. The van der Waals surface area contributed by atoms with Gasteiger partial charge in [-0.2, -0.15) is 57.3 Å². The fraction of sp³-hybridized carbons (Fsp3) is 0.541. The summed E-state index contributed by atoms with van der Waals surface area (Å²) in [4.78, 5) is 155. The van der Waals surface area contributed by atoms with Crippen molar-refractivity contribution in [3.63, 3.8) is 0 Å². The number of phenolic OH excluding ortho intramolecular Hbond substituents is 1. The first-order valence-electron chi connectivity index (χ1n) is 41.7. The number of hydrogen-bond acceptors (Lipinski definition) is 20. The van der Waals surface area contributed by atoms with E-state index in [0.717, 1.165) is 25.8 Å². The number of nitrogens with two attached hydrogens (primary N) is 4. The second-order valence-corrected chi connectivity index (χ2v) is 31.7. The summed E-state index contributed by atoms with van der Waals surface area (Å²) >= 11 is 0. The zero-order valence-corrected chi connectivity index (χ0v) is 74.6. The minimum atomic E-state index is -5.19. The number of phenols is 1. The van der Waals surface area contributed by atoms with E-state index in [0.29, 0.717) is 38.0 Å². The van der Waals surface area contributed by atoms with Crippen molar-refractivity contribution in [2.75, 3.05) is 77.6 Å². The standard InChI is InChI=1S/C77H114N16O12.4C2HF3O2/c1-10-51(4)66(70(99)88-59(72(101)102)48-50(2)3)89-68(97)58(49-52-34-36-53(94)37-35-52)87-69(98)62-30-23-43-93(62)71(100)57(27-22-38-83-73(79)80)86-67(96)56(78)26-21-39-84-74(81)90-75(103)85-41-45-105-47-46-104-44-40-82-65(95)33-15-12-20-42-92-61-29-19-17-25-55(61)77(7,8)64(92)32-14-11-13-31-63-76(5,6)54-24-16-18-28-60(54)91(63)9;4*3-2(4,5)1(6)7/h11,13-14,16-19,24-25,28-29,31-32,34-37,50-51,56-59,62,66H,10,12,15,20-23,26-27,30,33,38-49,78H2,1-9H3,(H14-,79,80,81,82,83,84,85,86,87,88,89,90,94,95,96,97,98,99,101,102,103);4*(H,6,7)/t51-,56-,57-,58-,59-,62-,66-;;;;/m0..../s1. The normalized spacial score (nSPS) is 16.1. The fourth-order valence-corrected chi connectivity index (χ4v) is 13.3. The number of allylic oxidation sites excluding steroid dienone is 6. The molecule has 133 heavy (non-hydrogen) atoms. The van der Waals surface area contributed by atoms with E-state index in [2.05, 4.69) is 170 Å². The molecule has 6 rings (SSSR count). The summed E-state index contributed by atoms with van der Waals surface area (Å²) in [6.45, 7) is 19.1. The SMILES string of the molecule is CC[C@H](C)[C@H](NC(=O)[C@H](Cc1ccc(O)cc1)NC(=O)[C@@H]1CCCN1C(=O)[C@H](CCCN=C(N)N)NC(=O)[C@@H](N)CCCN=C(N)NC(=O)NCCOCCOCCNC(=O)CCCCCN1/C(=C/C=C/C=C/C2=[N+](C)c3ccccc3C2(C)C)C(C)(C)c2ccccc21)C(=O)N[C@@H](CC(C)C)C(=O)O.O=C(O)C(F)(F)F.O=C(O)C(F)(F)F.O=C(O)C(F)(F)F.O=C([O-])C(F)(F)F. The smallest absolute Gasteiger partial charge is 0.490 e. The minimum Gasteiger partial charge on any atom is -0.542 e. The van der Waals surface area contributed by atoms with Crippen LogP contribution in [0.2, 0.25) is 0 Å². The van der Waals surface area contributed by atoms with Crippen LogP contribution in [-0.4, -0.2) is 258 Å². The average molecular weight is 1910 g/mol. The number of aliphatic carboxylic acids is 5. The molecule has 0 radical (unpaired) electrons. The summed E-state index contributed by atoms with van der Waals surface area (Å²) in [5.74, 6) is -16.8. The molecule has 7 atom stereocenters. The van der Waals surface area contributed by atoms with Crippen molar-refractivity contribution in [1.82, 2.24) is 42.1 Å². The second-order valence-electron chi connectivity index (χ2n) is 31.7. The van der Waals surface area contributed by atoms with Gasteiger partial charge in [-0.05, 0) is 119 Å². The molecule has 20 N–H and O–H groups in total. The van der Waals surface area contributed by atoms with Crippen molar-refractivity contribution in [3.8, 4) is 5.75 Å². The van der Waals surface area contributed by atoms with Crippen LogP contribution in [0.4, 0.5) is 68.9 Å². The van der Waals surface area contributed by atoms with Gasteiger partial charge in [-0.3, -0.25) is 44.1 Å². The molecule has 8 amide bonds. The number of likely N-dealkylation sites (tertiary alicyclic amines) is 1. The third-order valence-corrected chi connectivity index (χ3v) is 20.2. The number of ether oxygens (including phenoxy) is 2. The van der Waals surface area contributed by atoms with E-state index in [-0.39, 0.29) is 131 Å². The summed E-state index contributed by atoms with van der Waals surface area (Å²) in [5, 5.41) is 68.9. The first-order valence-corrected chi connectivity index (χ1v) is 41.7. The highest BCUT2D eigenvalue weighted by molar-refractivity contribution is 6.03. The number of rotatable bonds is 42. The molecule has 0 aliphatic carbocycles. The summed E-state index contributed by atoms with van der Waals surface area (Å²) < 4.78 is 140. The van der Waals surface area contributed by atoms with Crippen LogP contribution in [0.15, 0.2) is 119 Å². The zero-order valence-electron chi connectivity index (χ0n) is 74.6. The molecule has 3 aliphatic heterocycles. The number of aliphatic imine (C=N–C) groups is 2. The van der Waals surface area contributed by atoms with Crippen LogP contribution in [0.3, 0.4) is 0 Å². The lowest BCUT2D eigenvalue weighted by molar-refractivity contribution is -0.401. The quantitative estimate of drug-likeness (QED) is 0.00746. The summed E-state index contributed by atoms with van der Waals surface area (Å²) in [7, 11) is 2.13. The lowest BCUT2D eigenvalue weighted by Gasteiger charge is -2.31. The topological polar surface area (TPSA) is 570 Å². The number of alkyl halides is 12. The number of benzene rings is 3. The average Bonchev–Trinajstić information content (AvgIpc) is 1.60. The number of unbranched alkanes of at least 4 members (excludes halogenated alkanes) is 2. The van der Waals surface area contributed by atoms with Gasteiger partial charge in [0.1, 0.15) is 49.0 Å². The molecule has 0 unspecified atom stereocenters. The van der Waals surface area contributed by atoms with E-state index >= 15 is 0 Å². The Kier molecular flexibility index (Phi) is 48.7. The highest BCUT2D eigenvalue weighted by atomic mass is 19.4. The Bertz CT molecular complexity index is 4460. The van der Waals surface area contributed by atoms with E-state index in [4.69, 9.17) is 72.0 Å². The number of hydrogen-bond donors (Lipinski definition) is 16. The number of urea groups is 1. The number of nitrogens with one attached hydrogen (secondary N) is 7. The Morgan fingerprint density at radius 2 is 1.16 bits per heavy atom. The summed E-state index contributed by atoms with van der Waals surface area (Å²) in [5.41, 5.74) is 31.3. The molecule has 3 aromatic carbocycles. The molecule has 0 bridgehead atoms. The Morgan fingerprint density at radius 3 is 1.69 bits per heavy atom. The van der Waals surface area contributed by atoms with Crippen molar-refractivity contribution < 1.29 is 155 Å². The molecule has 3 heterocycles. The van der Waals surface area contributed by atoms with Gasteiger partial charge in [0.15, 0.2) is 17.6 Å². The number of halogens is 12. The van der Waals surface area contributed by atoms with E-state index in [1.165, 1.54) is 50.9 Å². The number of nitrogens with zero attached hydrogens (tertiary/aromatic N) is 5. The molecule has 0 spiro atoms. The summed E-state index contributed by atoms with van der Waals surface area (Å²) in [6.07, 6.45) is -4.78. The zero-order chi connectivity index (χ0) is 101. The van der Waals surface area contributed by atoms with Crippen molar-refractivity contribution in [1.29, 1.82) is 0 Å². The van der Waals surface area contributed by atoms with Gasteiger partial charge in [0, 0.05) is 86.6 Å². The highest BCUT2D eigenvalue weighted by Gasteiger charge is 2.46. The van der Waals surface area contributed by atoms with E-state index in [9.17, 15) is 101 Å². The van der Waals surface area contributed by atoms with Crippen LogP contribution in [0.5, 0.6) is 5.75 Å². The van der Waals surface area contributed by atoms with E-state index < -0.39 is 132 Å². The molecular weight excluding hydrogens is 1790 g/mol. The first-order chi connectivity index (χ1) is 61.8. The number of guanidine groups is 2. The van der Waals surface area contributed by atoms with Crippen LogP contribution in [0, 0.1) is 11.8 Å². The predicted molar refractivity (Wildman–Crippen MR) is 460 cm³/mol. The van der Waals surface area contributed by atoms with Crippen molar-refractivity contribution in [2.45, 2.75) is 211 Å². The molecule has 742 valence electrons. The Labute approximate surface area is 758 Å². The van der Waals surface area contributed by atoms with Gasteiger partial charge in [-0.25, -0.2) is 24.0 Å². The van der Waals surface area contributed by atoms with Crippen LogP contribution in [0.25, 0.3) is 0 Å². The number of carbonyl (C=O) groups is 12. The largest absolute Gasteiger partial charge is 0.542 e. The number of carbonyl (C=O) groups excluding carboxylic acids is 8. The third-order valence-electron chi connectivity index (χ3n) is 20.2. The van der Waals surface area contributed by atoms with Crippen LogP contribution in [-0.2, 0) is 79.5 Å². The van der Waals surface area contributed by atoms with Crippen molar-refractivity contribution in [2.24, 2.45) is 44.8 Å². The summed E-state index contributed by atoms with van der Waals surface area (Å²) in [6, 6.07) is 15.5. The Balaban J connectivity index is 0.00000184. The maximum absolute atomic E-state index is 14.5. The van der Waals surface area contributed by atoms with E-state index in [1.54, 1.807) is 19.1 Å². The number of carboxylic acids is 5. The van der Waals surface area contributed by atoms with Gasteiger partial charge < -0.3 is 110 Å². The molecule has 0 saturated carbocycles. The number of para-hydroxylation sites is 2. The van der Waals surface area contributed by atoms with Crippen molar-refractivity contribution >= 4 is 100 Å². The number of carboxylic acid groups (broad SMARTS) is 5. The molecule has 1 saturated heterocycles. The Hall–Kier alpha value is -12.6. The van der Waals surface area contributed by atoms with Crippen molar-refractivity contribution in [3.05, 3.63) is 126 Å². The van der Waals surface area contributed by atoms with Gasteiger partial charge in [0.05, 0.1) is 37.9 Å². The molecule has 36 nitrogen and oxygen atoms in total. The number of amides is 8.